The van der Waals surface area contributed by atoms with Crippen LogP contribution in [0.5, 0.6) is 0 Å². The fourth-order valence-electron chi connectivity index (χ4n) is 6.99. The lowest BCUT2D eigenvalue weighted by molar-refractivity contribution is -0.128. The largest absolute Gasteiger partial charge is 0.298 e. The molecule has 3 aliphatic heterocycles. The predicted octanol–water partition coefficient (Wildman–Crippen LogP) is 5.56. The molecule has 0 radical (unpaired) electrons. The number of nitrogens with one attached hydrogen (secondary N) is 1. The van der Waals surface area contributed by atoms with E-state index in [1.807, 2.05) is 0 Å². The third-order valence-corrected chi connectivity index (χ3v) is 8.86. The number of carbonyl (C=O) groups excluding carboxylic acids is 1. The normalized spacial score (nSPS) is 28.6. The molecule has 5 heteroatoms. The second-order valence-electron chi connectivity index (χ2n) is 11.6. The number of aryl methyl sites for hydroxylation is 1. The summed E-state index contributed by atoms with van der Waals surface area (Å²) in [6, 6.07) is 10.5. The molecule has 0 saturated carbocycles. The fourth-order valence-corrected chi connectivity index (χ4v) is 6.99. The Hall–Kier alpha value is -2.21. The standard InChI is InChI=1S/C32H46N4O/c1-3-19-34-22-18-29-12-9-13-30(24-34)36(29)31(28-11-8-10-25(2)23-28)26-14-16-27(17-15-26)32(37)33-35-20-6-4-5-7-21-35/h3,8,10-11,14-16,23,27,29-31H,1,4-7,9,12-13,17-22,24H2,2H3,(H,33,37). The minimum Gasteiger partial charge on any atom is -0.298 e. The van der Waals surface area contributed by atoms with Gasteiger partial charge in [-0.15, -0.1) is 6.58 Å². The van der Waals surface area contributed by atoms with E-state index >= 15 is 0 Å². The zero-order valence-corrected chi connectivity index (χ0v) is 22.8. The molecule has 1 N–H and O–H groups in total. The number of fused-ring (bicyclic) bond motifs is 2. The van der Waals surface area contributed by atoms with Crippen LogP contribution in [0.25, 0.3) is 0 Å². The Morgan fingerprint density at radius 3 is 2.62 bits per heavy atom. The third-order valence-electron chi connectivity index (χ3n) is 8.86. The number of piperidine rings is 1. The highest BCUT2D eigenvalue weighted by Crippen LogP contribution is 2.41. The second kappa shape index (κ2) is 12.6. The van der Waals surface area contributed by atoms with E-state index in [2.05, 4.69) is 82.3 Å². The summed E-state index contributed by atoms with van der Waals surface area (Å²) in [5, 5.41) is 2.14. The van der Waals surface area contributed by atoms with Gasteiger partial charge in [0.1, 0.15) is 0 Å². The van der Waals surface area contributed by atoms with Crippen LogP contribution in [-0.2, 0) is 4.79 Å². The summed E-state index contributed by atoms with van der Waals surface area (Å²) in [6.45, 7) is 11.4. The molecule has 5 rings (SSSR count). The van der Waals surface area contributed by atoms with Crippen LogP contribution < -0.4 is 5.43 Å². The van der Waals surface area contributed by atoms with Crippen molar-refractivity contribution in [2.24, 2.45) is 5.92 Å². The van der Waals surface area contributed by atoms with E-state index in [-0.39, 0.29) is 17.9 Å². The summed E-state index contributed by atoms with van der Waals surface area (Å²) in [6.07, 6.45) is 19.6. The maximum Gasteiger partial charge on any atom is 0.241 e. The minimum absolute atomic E-state index is 0.0862. The van der Waals surface area contributed by atoms with Crippen LogP contribution in [0.1, 0.15) is 75.0 Å². The smallest absolute Gasteiger partial charge is 0.241 e. The number of amides is 1. The Morgan fingerprint density at radius 1 is 1.08 bits per heavy atom. The van der Waals surface area contributed by atoms with Crippen LogP contribution in [0, 0.1) is 12.8 Å². The molecule has 4 unspecified atom stereocenters. The molecule has 1 aliphatic carbocycles. The molecular weight excluding hydrogens is 456 g/mol. The molecule has 37 heavy (non-hydrogen) atoms. The second-order valence-corrected chi connectivity index (χ2v) is 11.6. The molecule has 3 fully saturated rings. The summed E-state index contributed by atoms with van der Waals surface area (Å²) in [4.78, 5) is 18.6. The summed E-state index contributed by atoms with van der Waals surface area (Å²) in [5.74, 6) is 0.0594. The molecule has 0 spiro atoms. The first-order valence-electron chi connectivity index (χ1n) is 14.7. The summed E-state index contributed by atoms with van der Waals surface area (Å²) in [7, 11) is 0. The zero-order valence-electron chi connectivity index (χ0n) is 22.8. The van der Waals surface area contributed by atoms with Crippen LogP contribution in [0.3, 0.4) is 0 Å². The topological polar surface area (TPSA) is 38.8 Å². The van der Waals surface area contributed by atoms with Gasteiger partial charge < -0.3 is 0 Å². The third kappa shape index (κ3) is 6.45. The lowest BCUT2D eigenvalue weighted by Gasteiger charge is -2.46. The molecule has 2 bridgehead atoms. The highest BCUT2D eigenvalue weighted by molar-refractivity contribution is 5.80. The monoisotopic (exact) mass is 502 g/mol. The highest BCUT2D eigenvalue weighted by atomic mass is 16.2. The van der Waals surface area contributed by atoms with E-state index in [9.17, 15) is 4.79 Å². The van der Waals surface area contributed by atoms with Crippen molar-refractivity contribution in [3.8, 4) is 0 Å². The maximum absolute atomic E-state index is 13.1. The molecule has 0 aromatic heterocycles. The summed E-state index contributed by atoms with van der Waals surface area (Å²) < 4.78 is 0. The van der Waals surface area contributed by atoms with Gasteiger partial charge in [0.05, 0.1) is 12.0 Å². The SMILES string of the molecule is C=CCN1CCC2CCCC(C1)N2C(C1=CCC(C(=O)NN2CCCCCC2)C=C1)c1cccc(C)c1. The lowest BCUT2D eigenvalue weighted by atomic mass is 9.84. The van der Waals surface area contributed by atoms with E-state index in [0.717, 1.165) is 39.1 Å². The first-order chi connectivity index (χ1) is 18.1. The Bertz CT molecular complexity index is 992. The van der Waals surface area contributed by atoms with Gasteiger partial charge in [-0.1, -0.05) is 73.4 Å². The molecule has 1 amide bonds. The van der Waals surface area contributed by atoms with Crippen molar-refractivity contribution < 1.29 is 4.79 Å². The first kappa shape index (κ1) is 26.4. The van der Waals surface area contributed by atoms with E-state index in [4.69, 9.17) is 0 Å². The van der Waals surface area contributed by atoms with Crippen molar-refractivity contribution in [1.29, 1.82) is 0 Å². The van der Waals surface area contributed by atoms with Crippen molar-refractivity contribution in [2.75, 3.05) is 32.7 Å². The average Bonchev–Trinajstić information content (AvgIpc) is 3.21. The Balaban J connectivity index is 1.37. The van der Waals surface area contributed by atoms with Crippen LogP contribution in [0.15, 0.2) is 60.7 Å². The van der Waals surface area contributed by atoms with Crippen molar-refractivity contribution in [1.82, 2.24) is 20.2 Å². The van der Waals surface area contributed by atoms with E-state index in [0.29, 0.717) is 12.1 Å². The minimum atomic E-state index is -0.0862. The van der Waals surface area contributed by atoms with Gasteiger partial charge in [-0.2, -0.15) is 0 Å². The summed E-state index contributed by atoms with van der Waals surface area (Å²) in [5.41, 5.74) is 7.28. The van der Waals surface area contributed by atoms with Crippen molar-refractivity contribution in [3.05, 3.63) is 71.8 Å². The average molecular weight is 503 g/mol. The number of hydrazine groups is 1. The first-order valence-corrected chi connectivity index (χ1v) is 14.7. The quantitative estimate of drug-likeness (QED) is 0.496. The number of allylic oxidation sites excluding steroid dienone is 1. The number of nitrogens with zero attached hydrogens (tertiary/aromatic N) is 3. The summed E-state index contributed by atoms with van der Waals surface area (Å²) >= 11 is 0. The Morgan fingerprint density at radius 2 is 1.89 bits per heavy atom. The van der Waals surface area contributed by atoms with E-state index in [1.165, 1.54) is 68.1 Å². The predicted molar refractivity (Wildman–Crippen MR) is 152 cm³/mol. The van der Waals surface area contributed by atoms with Crippen molar-refractivity contribution >= 4 is 5.91 Å². The molecule has 1 aromatic rings. The Labute approximate surface area is 224 Å². The van der Waals surface area contributed by atoms with Gasteiger partial charge in [0.2, 0.25) is 5.91 Å². The molecular formula is C32H46N4O. The zero-order chi connectivity index (χ0) is 25.6. The number of carbonyl (C=O) groups is 1. The van der Waals surface area contributed by atoms with Gasteiger partial charge in [0, 0.05) is 44.8 Å². The van der Waals surface area contributed by atoms with Gasteiger partial charge in [-0.25, -0.2) is 5.01 Å². The van der Waals surface area contributed by atoms with Crippen LogP contribution in [0.4, 0.5) is 0 Å². The number of hydrogen-bond donors (Lipinski definition) is 1. The van der Waals surface area contributed by atoms with Gasteiger partial charge in [0.15, 0.2) is 0 Å². The van der Waals surface area contributed by atoms with E-state index < -0.39 is 0 Å². The van der Waals surface area contributed by atoms with E-state index in [1.54, 1.807) is 0 Å². The number of rotatable bonds is 7. The highest BCUT2D eigenvalue weighted by Gasteiger charge is 2.40. The molecule has 5 nitrogen and oxygen atoms in total. The van der Waals surface area contributed by atoms with Gasteiger partial charge in [-0.05, 0) is 56.6 Å². The van der Waals surface area contributed by atoms with Gasteiger partial charge in [0.25, 0.3) is 0 Å². The maximum atomic E-state index is 13.1. The molecule has 4 aliphatic rings. The van der Waals surface area contributed by atoms with Crippen LogP contribution >= 0.6 is 0 Å². The molecule has 4 atom stereocenters. The van der Waals surface area contributed by atoms with Gasteiger partial charge >= 0.3 is 0 Å². The van der Waals surface area contributed by atoms with Crippen molar-refractivity contribution in [3.63, 3.8) is 0 Å². The van der Waals surface area contributed by atoms with Crippen LogP contribution in [-0.4, -0.2) is 65.5 Å². The molecule has 1 aromatic carbocycles. The fraction of sp³-hybridized carbons (Fsp3) is 0.594. The number of benzene rings is 1. The molecule has 200 valence electrons. The van der Waals surface area contributed by atoms with Gasteiger partial charge in [-0.3, -0.25) is 20.0 Å². The van der Waals surface area contributed by atoms with Crippen molar-refractivity contribution in [2.45, 2.75) is 82.8 Å². The number of hydrogen-bond acceptors (Lipinski definition) is 4. The Kier molecular flexibility index (Phi) is 8.96. The van der Waals surface area contributed by atoms with Crippen LogP contribution in [0.2, 0.25) is 0 Å². The lowest BCUT2D eigenvalue weighted by Crippen LogP contribution is -2.50. The molecule has 3 heterocycles. The molecule has 3 saturated heterocycles.